The van der Waals surface area contributed by atoms with Crippen molar-refractivity contribution in [3.05, 3.63) is 59.1 Å². The first-order valence-corrected chi connectivity index (χ1v) is 8.67. The number of nitrogens with one attached hydrogen (secondary N) is 1. The van der Waals surface area contributed by atoms with Crippen molar-refractivity contribution in [2.75, 3.05) is 13.7 Å². The van der Waals surface area contributed by atoms with Crippen molar-refractivity contribution in [1.82, 2.24) is 5.32 Å². The van der Waals surface area contributed by atoms with Crippen LogP contribution in [0.5, 0.6) is 11.5 Å². The Morgan fingerprint density at radius 3 is 2.20 bits per heavy atom. The Morgan fingerprint density at radius 1 is 1.04 bits per heavy atom. The van der Waals surface area contributed by atoms with Crippen LogP contribution >= 0.6 is 11.6 Å². The molecule has 0 spiro atoms. The molecule has 1 atom stereocenters. The van der Waals surface area contributed by atoms with Crippen LogP contribution < -0.4 is 14.8 Å². The number of carbonyl (C=O) groups is 1. The first kappa shape index (κ1) is 19.1. The van der Waals surface area contributed by atoms with Crippen LogP contribution in [0.2, 0.25) is 5.02 Å². The zero-order valence-corrected chi connectivity index (χ0v) is 15.5. The first-order chi connectivity index (χ1) is 12.0. The Kier molecular flexibility index (Phi) is 7.14. The molecule has 0 aromatic heterocycles. The molecule has 0 unspecified atom stereocenters. The predicted molar refractivity (Wildman–Crippen MR) is 100 cm³/mol. The number of rotatable bonds is 8. The molecule has 134 valence electrons. The minimum Gasteiger partial charge on any atom is -0.497 e. The second-order valence-electron chi connectivity index (χ2n) is 6.27. The molecular weight excluding hydrogens is 338 g/mol. The van der Waals surface area contributed by atoms with Crippen LogP contribution in [0, 0.1) is 5.92 Å². The number of hydrogen-bond donors (Lipinski definition) is 1. The van der Waals surface area contributed by atoms with Gasteiger partial charge in [-0.2, -0.15) is 0 Å². The van der Waals surface area contributed by atoms with Gasteiger partial charge in [0.1, 0.15) is 11.5 Å². The third kappa shape index (κ3) is 6.31. The van der Waals surface area contributed by atoms with E-state index in [-0.39, 0.29) is 18.6 Å². The Hall–Kier alpha value is -2.20. The number of ether oxygens (including phenoxy) is 2. The summed E-state index contributed by atoms with van der Waals surface area (Å²) in [5.74, 6) is 1.70. The van der Waals surface area contributed by atoms with Gasteiger partial charge < -0.3 is 14.8 Å². The van der Waals surface area contributed by atoms with Gasteiger partial charge in [0, 0.05) is 5.02 Å². The highest BCUT2D eigenvalue weighted by molar-refractivity contribution is 6.30. The van der Waals surface area contributed by atoms with E-state index in [4.69, 9.17) is 21.1 Å². The molecule has 0 aliphatic heterocycles. The van der Waals surface area contributed by atoms with Gasteiger partial charge in [-0.25, -0.2) is 0 Å². The van der Waals surface area contributed by atoms with Gasteiger partial charge in [0.25, 0.3) is 5.91 Å². The molecule has 0 bridgehead atoms. The molecule has 0 aliphatic rings. The fraction of sp³-hybridized carbons (Fsp3) is 0.350. The van der Waals surface area contributed by atoms with Crippen LogP contribution in [0.25, 0.3) is 0 Å². The van der Waals surface area contributed by atoms with Crippen molar-refractivity contribution in [2.24, 2.45) is 5.92 Å². The highest BCUT2D eigenvalue weighted by Gasteiger charge is 2.16. The van der Waals surface area contributed by atoms with Gasteiger partial charge >= 0.3 is 0 Å². The standard InChI is InChI=1S/C20H24ClNO3/c1-14(2)12-19(15-4-8-17(24-3)9-5-15)22-20(23)13-25-18-10-6-16(21)7-11-18/h4-11,14,19H,12-13H2,1-3H3,(H,22,23)/t19-/m0/s1. The summed E-state index contributed by atoms with van der Waals surface area (Å²) in [6.07, 6.45) is 0.846. The van der Waals surface area contributed by atoms with Gasteiger partial charge in [-0.1, -0.05) is 37.6 Å². The fourth-order valence-corrected chi connectivity index (χ4v) is 2.63. The maximum absolute atomic E-state index is 12.3. The summed E-state index contributed by atoms with van der Waals surface area (Å²) in [5.41, 5.74) is 1.05. The molecule has 0 radical (unpaired) electrons. The van der Waals surface area contributed by atoms with E-state index in [2.05, 4.69) is 19.2 Å². The molecule has 2 aromatic rings. The number of carbonyl (C=O) groups excluding carboxylic acids is 1. The summed E-state index contributed by atoms with van der Waals surface area (Å²) >= 11 is 5.84. The Morgan fingerprint density at radius 2 is 1.64 bits per heavy atom. The molecular formula is C20H24ClNO3. The molecule has 2 rings (SSSR count). The lowest BCUT2D eigenvalue weighted by molar-refractivity contribution is -0.124. The SMILES string of the molecule is COc1ccc([C@H](CC(C)C)NC(=O)COc2ccc(Cl)cc2)cc1. The highest BCUT2D eigenvalue weighted by Crippen LogP contribution is 2.23. The first-order valence-electron chi connectivity index (χ1n) is 8.29. The molecule has 0 fully saturated rings. The summed E-state index contributed by atoms with van der Waals surface area (Å²) in [7, 11) is 1.64. The Balaban J connectivity index is 1.97. The highest BCUT2D eigenvalue weighted by atomic mass is 35.5. The van der Waals surface area contributed by atoms with Crippen LogP contribution in [-0.2, 0) is 4.79 Å². The Labute approximate surface area is 154 Å². The molecule has 1 amide bonds. The van der Waals surface area contributed by atoms with E-state index >= 15 is 0 Å². The normalized spacial score (nSPS) is 11.9. The number of halogens is 1. The van der Waals surface area contributed by atoms with E-state index in [9.17, 15) is 4.79 Å². The fourth-order valence-electron chi connectivity index (χ4n) is 2.50. The molecule has 0 saturated heterocycles. The number of amides is 1. The van der Waals surface area contributed by atoms with E-state index < -0.39 is 0 Å². The lowest BCUT2D eigenvalue weighted by atomic mass is 9.97. The summed E-state index contributed by atoms with van der Waals surface area (Å²) < 4.78 is 10.7. The molecule has 2 aromatic carbocycles. The monoisotopic (exact) mass is 361 g/mol. The second kappa shape index (κ2) is 9.33. The van der Waals surface area contributed by atoms with E-state index in [1.165, 1.54) is 0 Å². The average Bonchev–Trinajstić information content (AvgIpc) is 2.60. The van der Waals surface area contributed by atoms with Crippen LogP contribution in [0.4, 0.5) is 0 Å². The van der Waals surface area contributed by atoms with Crippen molar-refractivity contribution in [2.45, 2.75) is 26.3 Å². The van der Waals surface area contributed by atoms with Gasteiger partial charge in [0.2, 0.25) is 0 Å². The van der Waals surface area contributed by atoms with Crippen LogP contribution in [0.1, 0.15) is 31.9 Å². The molecule has 0 heterocycles. The van der Waals surface area contributed by atoms with E-state index in [1.807, 2.05) is 24.3 Å². The summed E-state index contributed by atoms with van der Waals surface area (Å²) in [6, 6.07) is 14.6. The third-order valence-electron chi connectivity index (χ3n) is 3.74. The van der Waals surface area contributed by atoms with E-state index in [0.29, 0.717) is 16.7 Å². The van der Waals surface area contributed by atoms with Crippen molar-refractivity contribution >= 4 is 17.5 Å². The molecule has 5 heteroatoms. The minimum absolute atomic E-state index is 0.0353. The summed E-state index contributed by atoms with van der Waals surface area (Å²) in [6.45, 7) is 4.23. The Bertz CT molecular complexity index is 668. The second-order valence-corrected chi connectivity index (χ2v) is 6.70. The average molecular weight is 362 g/mol. The maximum atomic E-state index is 12.3. The molecule has 1 N–H and O–H groups in total. The zero-order chi connectivity index (χ0) is 18.2. The largest absolute Gasteiger partial charge is 0.497 e. The third-order valence-corrected chi connectivity index (χ3v) is 4.00. The van der Waals surface area contributed by atoms with Gasteiger partial charge in [0.15, 0.2) is 6.61 Å². The van der Waals surface area contributed by atoms with Gasteiger partial charge in [-0.3, -0.25) is 4.79 Å². The molecule has 0 aliphatic carbocycles. The minimum atomic E-state index is -0.156. The number of hydrogen-bond acceptors (Lipinski definition) is 3. The topological polar surface area (TPSA) is 47.6 Å². The van der Waals surface area contributed by atoms with Crippen LogP contribution in [0.3, 0.4) is 0 Å². The number of benzene rings is 2. The quantitative estimate of drug-likeness (QED) is 0.745. The zero-order valence-electron chi connectivity index (χ0n) is 14.8. The lowest BCUT2D eigenvalue weighted by Crippen LogP contribution is -2.33. The van der Waals surface area contributed by atoms with Gasteiger partial charge in [-0.05, 0) is 54.3 Å². The molecule has 0 saturated carbocycles. The predicted octanol–water partition coefficient (Wildman–Crippen LogP) is 4.63. The van der Waals surface area contributed by atoms with Crippen molar-refractivity contribution in [1.29, 1.82) is 0 Å². The van der Waals surface area contributed by atoms with Gasteiger partial charge in [0.05, 0.1) is 13.2 Å². The smallest absolute Gasteiger partial charge is 0.258 e. The molecule has 25 heavy (non-hydrogen) atoms. The number of methoxy groups -OCH3 is 1. The summed E-state index contributed by atoms with van der Waals surface area (Å²) in [4.78, 5) is 12.3. The van der Waals surface area contributed by atoms with Gasteiger partial charge in [-0.15, -0.1) is 0 Å². The maximum Gasteiger partial charge on any atom is 0.258 e. The summed E-state index contributed by atoms with van der Waals surface area (Å²) in [5, 5.41) is 3.69. The van der Waals surface area contributed by atoms with Crippen LogP contribution in [0.15, 0.2) is 48.5 Å². The van der Waals surface area contributed by atoms with Crippen molar-refractivity contribution in [3.8, 4) is 11.5 Å². The van der Waals surface area contributed by atoms with Crippen molar-refractivity contribution < 1.29 is 14.3 Å². The molecule has 4 nitrogen and oxygen atoms in total. The van der Waals surface area contributed by atoms with Crippen LogP contribution in [-0.4, -0.2) is 19.6 Å². The van der Waals surface area contributed by atoms with Crippen molar-refractivity contribution in [3.63, 3.8) is 0 Å². The van der Waals surface area contributed by atoms with E-state index in [0.717, 1.165) is 17.7 Å². The lowest BCUT2D eigenvalue weighted by Gasteiger charge is -2.21. The van der Waals surface area contributed by atoms with E-state index in [1.54, 1.807) is 31.4 Å².